The molecule has 2 fully saturated rings. The zero-order valence-electron chi connectivity index (χ0n) is 28.4. The summed E-state index contributed by atoms with van der Waals surface area (Å²) in [6.07, 6.45) is -0.0658. The van der Waals surface area contributed by atoms with Gasteiger partial charge in [0.2, 0.25) is 5.91 Å². The maximum Gasteiger partial charge on any atom is 0.411 e. The van der Waals surface area contributed by atoms with Crippen molar-refractivity contribution in [3.8, 4) is 0 Å². The first-order valence-electron chi connectivity index (χ1n) is 16.3. The van der Waals surface area contributed by atoms with Gasteiger partial charge in [-0.1, -0.05) is 57.2 Å². The van der Waals surface area contributed by atoms with Gasteiger partial charge in [0, 0.05) is 11.3 Å². The minimum absolute atomic E-state index is 0.0393. The molecule has 1 heterocycles. The number of hydrogen-bond donors (Lipinski definition) is 2. The van der Waals surface area contributed by atoms with Crippen molar-refractivity contribution in [1.82, 2.24) is 10.2 Å². The number of ether oxygens (including phenoxy) is 2. The molecule has 1 aliphatic carbocycles. The van der Waals surface area contributed by atoms with E-state index in [4.69, 9.17) is 9.47 Å². The van der Waals surface area contributed by atoms with Crippen LogP contribution in [0, 0.1) is 5.82 Å². The number of cyclic esters (lactones) is 1. The second kappa shape index (κ2) is 13.4. The lowest BCUT2D eigenvalue weighted by Gasteiger charge is -2.29. The Morgan fingerprint density at radius 1 is 0.979 bits per heavy atom. The topological polar surface area (TPSA) is 114 Å². The Morgan fingerprint density at radius 2 is 1.65 bits per heavy atom. The van der Waals surface area contributed by atoms with Crippen LogP contribution in [0.2, 0.25) is 0 Å². The van der Waals surface area contributed by atoms with Crippen molar-refractivity contribution in [3.05, 3.63) is 101 Å². The summed E-state index contributed by atoms with van der Waals surface area (Å²) in [5, 5.41) is 5.65. The summed E-state index contributed by atoms with van der Waals surface area (Å²) >= 11 is 0. The van der Waals surface area contributed by atoms with Gasteiger partial charge in [0.15, 0.2) is 5.78 Å². The van der Waals surface area contributed by atoms with E-state index in [9.17, 15) is 23.6 Å². The molecule has 3 aromatic rings. The number of hydrogen-bond acceptors (Lipinski definition) is 6. The van der Waals surface area contributed by atoms with Crippen molar-refractivity contribution in [2.24, 2.45) is 0 Å². The van der Waals surface area contributed by atoms with Crippen molar-refractivity contribution >= 4 is 29.6 Å². The highest BCUT2D eigenvalue weighted by Crippen LogP contribution is 2.53. The SMILES string of the molecule is CC(C)(C)OC(=O)N[C@@H](Cc1ccc(NC(=O)CC(=O)c2ccc(F)cc2)cc1)C1CN(C2(c3cccc(C(C)(C)C)c3)CC2)C(=O)O1. The van der Waals surface area contributed by atoms with Crippen LogP contribution >= 0.6 is 0 Å². The molecule has 48 heavy (non-hydrogen) atoms. The Hall–Kier alpha value is -4.73. The van der Waals surface area contributed by atoms with Gasteiger partial charge in [-0.3, -0.25) is 14.5 Å². The number of halogens is 1. The average Bonchev–Trinajstić information content (AvgIpc) is 3.71. The number of benzene rings is 3. The number of carbonyl (C=O) groups excluding carboxylic acids is 4. The summed E-state index contributed by atoms with van der Waals surface area (Å²) in [7, 11) is 0. The standard InChI is InChI=1S/C38H44FN3O6/c1-36(2,3)26-8-7-9-27(21-26)38(18-19-38)42-23-32(47-35(42)46)30(41-34(45)48-37(4,5)6)20-24-10-16-29(17-11-24)40-33(44)22-31(43)25-12-14-28(39)15-13-25/h7-17,21,30,32H,18-20,22-23H2,1-6H3,(H,40,44)(H,41,45)/t30-,32?/m0/s1. The number of amides is 3. The van der Waals surface area contributed by atoms with Crippen LogP contribution in [-0.4, -0.2) is 53.1 Å². The number of nitrogens with one attached hydrogen (secondary N) is 2. The first kappa shape index (κ1) is 34.6. The number of rotatable bonds is 10. The van der Waals surface area contributed by atoms with E-state index in [1.165, 1.54) is 29.8 Å². The highest BCUT2D eigenvalue weighted by Gasteiger charge is 2.56. The van der Waals surface area contributed by atoms with E-state index >= 15 is 0 Å². The van der Waals surface area contributed by atoms with Crippen LogP contribution in [0.15, 0.2) is 72.8 Å². The number of nitrogens with zero attached hydrogens (tertiary/aromatic N) is 1. The molecule has 2 atom stereocenters. The predicted octanol–water partition coefficient (Wildman–Crippen LogP) is 7.28. The summed E-state index contributed by atoms with van der Waals surface area (Å²) in [5.74, 6) is -1.38. The Labute approximate surface area is 281 Å². The molecule has 1 aliphatic heterocycles. The highest BCUT2D eigenvalue weighted by molar-refractivity contribution is 6.11. The van der Waals surface area contributed by atoms with Crippen LogP contribution in [0.3, 0.4) is 0 Å². The van der Waals surface area contributed by atoms with Gasteiger partial charge in [0.05, 0.1) is 24.5 Å². The Balaban J connectivity index is 1.28. The summed E-state index contributed by atoms with van der Waals surface area (Å²) in [6, 6.07) is 19.8. The molecule has 5 rings (SSSR count). The molecule has 3 aromatic carbocycles. The summed E-state index contributed by atoms with van der Waals surface area (Å²) in [4.78, 5) is 53.1. The molecule has 2 aliphatic rings. The van der Waals surface area contributed by atoms with Crippen LogP contribution < -0.4 is 10.6 Å². The molecule has 254 valence electrons. The fourth-order valence-electron chi connectivity index (χ4n) is 5.95. The zero-order valence-corrected chi connectivity index (χ0v) is 28.4. The molecule has 1 unspecified atom stereocenters. The maximum atomic E-state index is 13.4. The highest BCUT2D eigenvalue weighted by atomic mass is 19.1. The first-order chi connectivity index (χ1) is 22.5. The van der Waals surface area contributed by atoms with Crippen LogP contribution in [0.5, 0.6) is 0 Å². The summed E-state index contributed by atoms with van der Waals surface area (Å²) in [5.41, 5.74) is 2.64. The Morgan fingerprint density at radius 3 is 2.25 bits per heavy atom. The van der Waals surface area contributed by atoms with Gasteiger partial charge in [0.1, 0.15) is 17.5 Å². The van der Waals surface area contributed by atoms with Crippen molar-refractivity contribution in [2.75, 3.05) is 11.9 Å². The second-order valence-electron chi connectivity index (χ2n) is 14.7. The molecular formula is C38H44FN3O6. The average molecular weight is 658 g/mol. The summed E-state index contributed by atoms with van der Waals surface area (Å²) in [6.45, 7) is 12.1. The minimum Gasteiger partial charge on any atom is -0.444 e. The van der Waals surface area contributed by atoms with Gasteiger partial charge < -0.3 is 20.1 Å². The third kappa shape index (κ3) is 8.40. The normalized spacial score (nSPS) is 17.7. The monoisotopic (exact) mass is 657 g/mol. The van der Waals surface area contributed by atoms with Gasteiger partial charge in [-0.15, -0.1) is 0 Å². The third-order valence-electron chi connectivity index (χ3n) is 8.67. The molecule has 0 bridgehead atoms. The van der Waals surface area contributed by atoms with Crippen LogP contribution in [0.4, 0.5) is 19.7 Å². The lowest BCUT2D eigenvalue weighted by atomic mass is 9.85. The van der Waals surface area contributed by atoms with Crippen molar-refractivity contribution in [3.63, 3.8) is 0 Å². The van der Waals surface area contributed by atoms with Gasteiger partial charge >= 0.3 is 12.2 Å². The van der Waals surface area contributed by atoms with Gasteiger partial charge in [0.25, 0.3) is 0 Å². The van der Waals surface area contributed by atoms with Crippen molar-refractivity contribution in [2.45, 2.75) is 95.9 Å². The summed E-state index contributed by atoms with van der Waals surface area (Å²) < 4.78 is 24.7. The van der Waals surface area contributed by atoms with E-state index in [1.54, 1.807) is 49.9 Å². The lowest BCUT2D eigenvalue weighted by molar-refractivity contribution is -0.115. The zero-order chi connectivity index (χ0) is 34.9. The van der Waals surface area contributed by atoms with Gasteiger partial charge in [-0.2, -0.15) is 0 Å². The molecule has 9 nitrogen and oxygen atoms in total. The van der Waals surface area contributed by atoms with E-state index in [0.717, 1.165) is 24.0 Å². The molecule has 1 saturated heterocycles. The number of ketones is 1. The molecule has 1 saturated carbocycles. The molecule has 0 radical (unpaired) electrons. The van der Waals surface area contributed by atoms with Crippen LogP contribution in [0.1, 0.15) is 87.9 Å². The van der Waals surface area contributed by atoms with Crippen LogP contribution in [-0.2, 0) is 31.6 Å². The third-order valence-corrected chi connectivity index (χ3v) is 8.67. The molecule has 2 N–H and O–H groups in total. The van der Waals surface area contributed by atoms with Gasteiger partial charge in [-0.05, 0) is 98.5 Å². The number of Topliss-reactive ketones (excluding diaryl/α,β-unsaturated/α-hetero) is 1. The van der Waals surface area contributed by atoms with Crippen molar-refractivity contribution < 1.29 is 33.0 Å². The maximum absolute atomic E-state index is 13.4. The molecule has 0 spiro atoms. The fourth-order valence-corrected chi connectivity index (χ4v) is 5.95. The van der Waals surface area contributed by atoms with Gasteiger partial charge in [-0.25, -0.2) is 14.0 Å². The number of carbonyl (C=O) groups is 4. The Bertz CT molecular complexity index is 1670. The lowest BCUT2D eigenvalue weighted by Crippen LogP contribution is -2.48. The first-order valence-corrected chi connectivity index (χ1v) is 16.3. The fraction of sp³-hybridized carbons (Fsp3) is 0.421. The number of anilines is 1. The second-order valence-corrected chi connectivity index (χ2v) is 14.7. The minimum atomic E-state index is -0.721. The van der Waals surface area contributed by atoms with E-state index in [1.807, 2.05) is 6.07 Å². The molecular weight excluding hydrogens is 613 g/mol. The van der Waals surface area contributed by atoms with E-state index in [2.05, 4.69) is 49.6 Å². The smallest absolute Gasteiger partial charge is 0.411 e. The Kier molecular flexibility index (Phi) is 9.67. The molecule has 0 aromatic heterocycles. The van der Waals surface area contributed by atoms with E-state index in [-0.39, 0.29) is 17.4 Å². The predicted molar refractivity (Wildman–Crippen MR) is 180 cm³/mol. The number of alkyl carbamates (subject to hydrolysis) is 1. The molecule has 10 heteroatoms. The largest absolute Gasteiger partial charge is 0.444 e. The van der Waals surface area contributed by atoms with Crippen LogP contribution in [0.25, 0.3) is 0 Å². The quantitative estimate of drug-likeness (QED) is 0.175. The van der Waals surface area contributed by atoms with E-state index in [0.29, 0.717) is 18.7 Å². The molecule has 3 amide bonds. The van der Waals surface area contributed by atoms with E-state index < -0.39 is 53.0 Å². The van der Waals surface area contributed by atoms with Crippen molar-refractivity contribution in [1.29, 1.82) is 0 Å².